The van der Waals surface area contributed by atoms with E-state index in [0.29, 0.717) is 22.8 Å². The predicted octanol–water partition coefficient (Wildman–Crippen LogP) is 31.9. The van der Waals surface area contributed by atoms with Gasteiger partial charge in [0.05, 0.1) is 91.1 Å². The summed E-state index contributed by atoms with van der Waals surface area (Å²) in [4.78, 5) is 78.7. The molecule has 144 heavy (non-hydrogen) atoms. The SMILES string of the molecule is C1=Cc2nc1cc1ccc([nH]1)c(-c1ccccc1)c1nc(c(-c3c4nc(c(-c5ccccc5)c5ccc([nH]5)c(-c5c6nc(c(-c7ccccc7)c7ccc([nH]7)c(-c7c8nc(c(-c9ccccc9)c9ccc(cc%10nc(c(-c%11ccccc%11)c%11ccc7[nH]%11)C=C%10)[nH]9)C=C8)c7nc(c(-c8ccccc8)c8ccc5[nH]8)C=C7)C=C6)c5nc(c(-c6ccccc6)c6ccc3[nH]6)C=C5)C=C4)c3ccc([nH]3)c2-c2ccccc2)C=C1. The number of rotatable bonds is 11. The van der Waals surface area contributed by atoms with Gasteiger partial charge in [-0.05, 0) is 251 Å². The maximum atomic E-state index is 6.03. The number of benzene rings is 8. The zero-order valence-electron chi connectivity index (χ0n) is 77.3. The first kappa shape index (κ1) is 82.4. The largest absolute Gasteiger partial charge is 0.355 e. The van der Waals surface area contributed by atoms with E-state index < -0.39 is 0 Å². The molecule has 0 atom stereocenters. The van der Waals surface area contributed by atoms with Gasteiger partial charge in [0.1, 0.15) is 0 Å². The average Bonchev–Trinajstić information content (AvgIpc) is 1.59. The highest BCUT2D eigenvalue weighted by atomic mass is 14.9. The van der Waals surface area contributed by atoms with Crippen LogP contribution in [0.15, 0.2) is 352 Å². The fraction of sp³-hybridized carbons (Fsp3) is 0. The molecule has 0 amide bonds. The second kappa shape index (κ2) is 34.1. The van der Waals surface area contributed by atoms with Crippen molar-refractivity contribution in [3.63, 3.8) is 0 Å². The number of H-pyrrole nitrogens is 8. The molecule has 0 spiro atoms. The van der Waals surface area contributed by atoms with E-state index in [-0.39, 0.29) is 0 Å². The number of fused-ring (bicyclic) bond motifs is 32. The molecule has 8 aliphatic rings. The highest BCUT2D eigenvalue weighted by molar-refractivity contribution is 6.11. The molecule has 0 unspecified atom stereocenters. The second-order valence-electron chi connectivity index (χ2n) is 36.6. The van der Waals surface area contributed by atoms with Gasteiger partial charge in [-0.15, -0.1) is 0 Å². The van der Waals surface area contributed by atoms with Crippen LogP contribution in [-0.4, -0.2) is 79.7 Å². The zero-order valence-corrected chi connectivity index (χ0v) is 77.3. The van der Waals surface area contributed by atoms with Crippen LogP contribution in [0.4, 0.5) is 0 Å². The van der Waals surface area contributed by atoms with Gasteiger partial charge in [0.2, 0.25) is 0 Å². The lowest BCUT2D eigenvalue weighted by molar-refractivity contribution is 1.29. The summed E-state index contributed by atoms with van der Waals surface area (Å²) in [5.41, 5.74) is 45.7. The highest BCUT2D eigenvalue weighted by Gasteiger charge is 2.30. The number of aromatic nitrogens is 16. The Balaban J connectivity index is 0.729. The van der Waals surface area contributed by atoms with Crippen molar-refractivity contribution in [1.82, 2.24) is 79.7 Å². The van der Waals surface area contributed by atoms with Crippen molar-refractivity contribution in [2.45, 2.75) is 0 Å². The lowest BCUT2D eigenvalue weighted by Gasteiger charge is -2.09. The lowest BCUT2D eigenvalue weighted by atomic mass is 10.0. The summed E-state index contributed by atoms with van der Waals surface area (Å²) in [6, 6.07) is 123. The van der Waals surface area contributed by atoms with Crippen LogP contribution < -0.4 is 0 Å². The van der Waals surface area contributed by atoms with Crippen molar-refractivity contribution in [2.24, 2.45) is 0 Å². The van der Waals surface area contributed by atoms with Crippen LogP contribution in [-0.2, 0) is 0 Å². The Morgan fingerprint density at radius 1 is 0.111 bits per heavy atom. The summed E-state index contributed by atoms with van der Waals surface area (Å²) in [5, 5.41) is 0. The molecule has 8 aliphatic heterocycles. The van der Waals surface area contributed by atoms with Crippen molar-refractivity contribution >= 4 is 185 Å². The Morgan fingerprint density at radius 3 is 0.417 bits per heavy atom. The number of nitrogens with one attached hydrogen (secondary N) is 8. The predicted molar refractivity (Wildman–Crippen MR) is 596 cm³/mol. The van der Waals surface area contributed by atoms with Gasteiger partial charge in [0.15, 0.2) is 0 Å². The zero-order chi connectivity index (χ0) is 94.8. The minimum Gasteiger partial charge on any atom is -0.355 e. The molecular weight excluding hydrogens is 1760 g/mol. The van der Waals surface area contributed by atoms with Crippen LogP contribution in [0.2, 0.25) is 0 Å². The molecular formula is C128H82N16. The normalized spacial score (nSPS) is 12.6. The fourth-order valence-electron chi connectivity index (χ4n) is 21.5. The third kappa shape index (κ3) is 14.5. The highest BCUT2D eigenvalue weighted by Crippen LogP contribution is 2.48. The number of aromatic amines is 8. The smallest absolute Gasteiger partial charge is 0.0738 e. The molecule has 20 aromatic rings. The van der Waals surface area contributed by atoms with Crippen molar-refractivity contribution < 1.29 is 0 Å². The van der Waals surface area contributed by atoms with E-state index in [9.17, 15) is 0 Å². The monoisotopic (exact) mass is 1840 g/mol. The first-order chi connectivity index (χ1) is 71.3. The third-order valence-corrected chi connectivity index (χ3v) is 27.9. The Bertz CT molecular complexity index is 9100. The molecule has 16 heteroatoms. The van der Waals surface area contributed by atoms with Crippen LogP contribution >= 0.6 is 0 Å². The van der Waals surface area contributed by atoms with Gasteiger partial charge in [-0.1, -0.05) is 243 Å². The van der Waals surface area contributed by atoms with Crippen LogP contribution in [0.1, 0.15) is 91.1 Å². The van der Waals surface area contributed by atoms with Gasteiger partial charge >= 0.3 is 0 Å². The summed E-state index contributed by atoms with van der Waals surface area (Å²) >= 11 is 0. The molecule has 28 rings (SSSR count). The molecule has 12 aromatic heterocycles. The maximum absolute atomic E-state index is 6.03. The van der Waals surface area contributed by atoms with Gasteiger partial charge in [-0.3, -0.25) is 0 Å². The molecule has 16 nitrogen and oxygen atoms in total. The summed E-state index contributed by atoms with van der Waals surface area (Å²) < 4.78 is 0. The number of hydrogen-bond acceptors (Lipinski definition) is 8. The quantitative estimate of drug-likeness (QED) is 0.0619. The average molecular weight is 1840 g/mol. The van der Waals surface area contributed by atoms with Gasteiger partial charge in [0, 0.05) is 166 Å². The summed E-state index contributed by atoms with van der Waals surface area (Å²) in [6.07, 6.45) is 34.3. The first-order valence-electron chi connectivity index (χ1n) is 48.3. The minimum atomic E-state index is 0.693. The second-order valence-corrected chi connectivity index (χ2v) is 36.6. The minimum absolute atomic E-state index is 0.693. The molecule has 0 saturated heterocycles. The Hall–Kier alpha value is -19.8. The van der Waals surface area contributed by atoms with E-state index >= 15 is 0 Å². The third-order valence-electron chi connectivity index (χ3n) is 27.9. The van der Waals surface area contributed by atoms with Gasteiger partial charge in [0.25, 0.3) is 0 Å². The van der Waals surface area contributed by atoms with Crippen LogP contribution in [0.3, 0.4) is 0 Å². The van der Waals surface area contributed by atoms with E-state index in [0.717, 1.165) is 279 Å². The molecule has 674 valence electrons. The molecule has 8 N–H and O–H groups in total. The van der Waals surface area contributed by atoms with Gasteiger partial charge in [-0.25, -0.2) is 39.9 Å². The lowest BCUT2D eigenvalue weighted by Crippen LogP contribution is -1.93. The van der Waals surface area contributed by atoms with E-state index in [1.807, 2.05) is 0 Å². The standard InChI is InChI=1S/C128H82N16/c1-9-25-75(26-10-1)115-87-45-41-83(129-87)73-84-42-46-88(130-84)116(76-27-11-2-12-28-76)92-50-62-104(134-92)123(103-61-49-91(115)133-103)125-107-65-53-95(137-107)119(79-33-17-5-18-34-79)99-57-69-111(141-99)127(112-70-58-100(142-112)120(80-35-19-6-20-36-80)96-54-66-108(125)138-96)128-113-71-59-101(143-113)121(81-37-21-7-22-38-81)97-55-67-109(139-97)126(110-68-56-98(140-110)122(82-39-23-8-24-40-82)102-60-72-114(128)144-102)124-105-63-51-93(135-105)117(77-29-13-3-14-30-77)89-47-43-85(131-89)74-86-44-48-90(132-86)118(78-31-15-4-16-32-78)94-52-64-106(124)136-94/h1-74,129,131,134,136-137,139,142,144H. The summed E-state index contributed by atoms with van der Waals surface area (Å²) in [5.74, 6) is 0. The summed E-state index contributed by atoms with van der Waals surface area (Å²) in [6.45, 7) is 0. The molecule has 32 bridgehead atoms. The molecule has 0 aliphatic carbocycles. The van der Waals surface area contributed by atoms with Gasteiger partial charge in [-0.2, -0.15) is 0 Å². The maximum Gasteiger partial charge on any atom is 0.0738 e. The van der Waals surface area contributed by atoms with E-state index in [1.165, 1.54) is 0 Å². The number of nitrogens with zero attached hydrogens (tertiary/aromatic N) is 8. The van der Waals surface area contributed by atoms with E-state index in [2.05, 4.69) is 489 Å². The van der Waals surface area contributed by atoms with E-state index in [4.69, 9.17) is 39.9 Å². The first-order valence-corrected chi connectivity index (χ1v) is 48.3. The van der Waals surface area contributed by atoms with Crippen LogP contribution in [0.25, 0.3) is 308 Å². The van der Waals surface area contributed by atoms with Crippen molar-refractivity contribution in [3.8, 4) is 122 Å². The molecule has 20 heterocycles. The van der Waals surface area contributed by atoms with Crippen molar-refractivity contribution in [1.29, 1.82) is 0 Å². The molecule has 0 fully saturated rings. The molecule has 8 aromatic carbocycles. The van der Waals surface area contributed by atoms with Crippen molar-refractivity contribution in [2.75, 3.05) is 0 Å². The van der Waals surface area contributed by atoms with Crippen molar-refractivity contribution in [3.05, 3.63) is 443 Å². The number of hydrogen-bond donors (Lipinski definition) is 8. The fourth-order valence-corrected chi connectivity index (χ4v) is 21.5. The Labute approximate surface area is 825 Å². The molecule has 0 saturated carbocycles. The van der Waals surface area contributed by atoms with Crippen LogP contribution in [0.5, 0.6) is 0 Å². The van der Waals surface area contributed by atoms with Crippen LogP contribution in [0, 0.1) is 0 Å². The summed E-state index contributed by atoms with van der Waals surface area (Å²) in [7, 11) is 0. The Kier molecular flexibility index (Phi) is 19.5. The van der Waals surface area contributed by atoms with E-state index in [1.54, 1.807) is 0 Å². The molecule has 0 radical (unpaired) electrons. The van der Waals surface area contributed by atoms with Gasteiger partial charge < -0.3 is 39.9 Å². The Morgan fingerprint density at radius 2 is 0.243 bits per heavy atom. The topological polar surface area (TPSA) is 229 Å².